The second-order valence-corrected chi connectivity index (χ2v) is 16.1. The highest BCUT2D eigenvalue weighted by atomic mass is 16.3. The minimum Gasteiger partial charge on any atom is -0.456 e. The van der Waals surface area contributed by atoms with Gasteiger partial charge >= 0.3 is 0 Å². The fourth-order valence-electron chi connectivity index (χ4n) is 9.76. The van der Waals surface area contributed by atoms with E-state index in [1.807, 2.05) is 18.2 Å². The quantitative estimate of drug-likeness (QED) is 0.161. The summed E-state index contributed by atoms with van der Waals surface area (Å²) in [6.45, 7) is 0. The van der Waals surface area contributed by atoms with Crippen molar-refractivity contribution in [3.63, 3.8) is 0 Å². The first kappa shape index (κ1) is 35.8. The molecule has 3 heteroatoms. The van der Waals surface area contributed by atoms with E-state index in [9.17, 15) is 0 Å². The van der Waals surface area contributed by atoms with Crippen molar-refractivity contribution in [2.24, 2.45) is 0 Å². The van der Waals surface area contributed by atoms with Gasteiger partial charge in [0.15, 0.2) is 5.82 Å². The molecule has 2 heterocycles. The van der Waals surface area contributed by atoms with Gasteiger partial charge in [-0.05, 0) is 92.0 Å². The molecule has 62 heavy (non-hydrogen) atoms. The van der Waals surface area contributed by atoms with Gasteiger partial charge in [0.25, 0.3) is 0 Å². The molecule has 0 fully saturated rings. The zero-order valence-corrected chi connectivity index (χ0v) is 33.7. The van der Waals surface area contributed by atoms with Crippen LogP contribution in [0.15, 0.2) is 235 Å². The van der Waals surface area contributed by atoms with E-state index in [0.29, 0.717) is 5.82 Å². The van der Waals surface area contributed by atoms with Crippen molar-refractivity contribution in [1.29, 1.82) is 0 Å². The molecular weight excluding hydrogens is 753 g/mol. The lowest BCUT2D eigenvalue weighted by atomic mass is 9.67. The highest BCUT2D eigenvalue weighted by Gasteiger charge is 2.46. The Bertz CT molecular complexity index is 3410. The Balaban J connectivity index is 1.07. The third-order valence-corrected chi connectivity index (χ3v) is 12.6. The van der Waals surface area contributed by atoms with Crippen molar-refractivity contribution >= 4 is 21.9 Å². The lowest BCUT2D eigenvalue weighted by molar-refractivity contribution is 0.669. The van der Waals surface area contributed by atoms with Gasteiger partial charge in [-0.3, -0.25) is 0 Å². The van der Waals surface area contributed by atoms with Crippen LogP contribution in [-0.4, -0.2) is 9.97 Å². The molecule has 0 atom stereocenters. The van der Waals surface area contributed by atoms with Gasteiger partial charge in [-0.25, -0.2) is 9.97 Å². The highest BCUT2D eigenvalue weighted by Crippen LogP contribution is 2.56. The molecule has 11 aromatic rings. The van der Waals surface area contributed by atoms with Crippen molar-refractivity contribution in [3.05, 3.63) is 253 Å². The maximum atomic E-state index is 6.19. The lowest BCUT2D eigenvalue weighted by Crippen LogP contribution is -2.28. The Morgan fingerprint density at radius 2 is 0.855 bits per heavy atom. The molecule has 1 aliphatic rings. The van der Waals surface area contributed by atoms with Crippen molar-refractivity contribution < 1.29 is 4.42 Å². The summed E-state index contributed by atoms with van der Waals surface area (Å²) < 4.78 is 6.19. The van der Waals surface area contributed by atoms with Crippen molar-refractivity contribution in [2.75, 3.05) is 0 Å². The average Bonchev–Trinajstić information content (AvgIpc) is 3.88. The molecule has 0 amide bonds. The van der Waals surface area contributed by atoms with Crippen molar-refractivity contribution in [2.45, 2.75) is 5.41 Å². The normalized spacial score (nSPS) is 12.6. The summed E-state index contributed by atoms with van der Waals surface area (Å²) in [5.41, 5.74) is 17.9. The van der Waals surface area contributed by atoms with Crippen LogP contribution in [0.5, 0.6) is 0 Å². The van der Waals surface area contributed by atoms with Gasteiger partial charge < -0.3 is 4.42 Å². The van der Waals surface area contributed by atoms with E-state index in [2.05, 4.69) is 212 Å². The van der Waals surface area contributed by atoms with E-state index in [1.54, 1.807) is 0 Å². The molecule has 0 unspecified atom stereocenters. The number of hydrogen-bond acceptors (Lipinski definition) is 3. The summed E-state index contributed by atoms with van der Waals surface area (Å²) in [4.78, 5) is 10.7. The van der Waals surface area contributed by atoms with Crippen LogP contribution in [0.3, 0.4) is 0 Å². The Morgan fingerprint density at radius 1 is 0.306 bits per heavy atom. The largest absolute Gasteiger partial charge is 0.456 e. The van der Waals surface area contributed by atoms with Crippen LogP contribution < -0.4 is 0 Å². The molecule has 290 valence electrons. The SMILES string of the molecule is c1ccc(-c2nc(-c3ccc4c(c3)C(c3ccccc3)(c3ccccc3)c3ccccc3-4)cc(-c3ccc(-c4ccc5oc6ccccc6c5c4)cc3-c3ccccc3)n2)cc1. The molecule has 12 rings (SSSR count). The van der Waals surface area contributed by atoms with Gasteiger partial charge in [0.2, 0.25) is 0 Å². The number of nitrogens with zero attached hydrogens (tertiary/aromatic N) is 2. The predicted octanol–water partition coefficient (Wildman–Crippen LogP) is 15.1. The fourth-order valence-corrected chi connectivity index (χ4v) is 9.76. The third kappa shape index (κ3) is 5.74. The molecular formula is C59H38N2O. The molecule has 0 bridgehead atoms. The standard InChI is InChI=1S/C59H38N2O/c1-5-17-39(18-6-1)50-35-41(42-31-34-57-51(36-42)49-26-14-16-28-56(49)62-57)29-33-48(50)55-38-54(60-58(61-55)40-19-7-2-8-20-40)43-30-32-47-46-25-13-15-27-52(46)59(53(47)37-43,44-21-9-3-10-22-44)45-23-11-4-12-24-45/h1-38H. The molecule has 0 radical (unpaired) electrons. The monoisotopic (exact) mass is 790 g/mol. The van der Waals surface area contributed by atoms with Crippen LogP contribution in [0.2, 0.25) is 0 Å². The van der Waals surface area contributed by atoms with E-state index < -0.39 is 5.41 Å². The van der Waals surface area contributed by atoms with Crippen LogP contribution in [0.25, 0.3) is 89.2 Å². The highest BCUT2D eigenvalue weighted by molar-refractivity contribution is 6.06. The molecule has 2 aromatic heterocycles. The molecule has 1 aliphatic carbocycles. The minimum absolute atomic E-state index is 0.523. The number of furan rings is 1. The summed E-state index contributed by atoms with van der Waals surface area (Å²) in [6, 6.07) is 82.3. The van der Waals surface area contributed by atoms with Crippen LogP contribution in [-0.2, 0) is 5.41 Å². The maximum Gasteiger partial charge on any atom is 0.160 e. The Labute approximate surface area is 360 Å². The molecule has 0 saturated carbocycles. The molecule has 0 spiro atoms. The van der Waals surface area contributed by atoms with Gasteiger partial charge in [-0.15, -0.1) is 0 Å². The van der Waals surface area contributed by atoms with Crippen molar-refractivity contribution in [1.82, 2.24) is 9.97 Å². The van der Waals surface area contributed by atoms with E-state index in [0.717, 1.165) is 72.3 Å². The van der Waals surface area contributed by atoms with E-state index >= 15 is 0 Å². The Kier molecular flexibility index (Phi) is 8.39. The van der Waals surface area contributed by atoms with Crippen LogP contribution >= 0.6 is 0 Å². The zero-order valence-electron chi connectivity index (χ0n) is 33.7. The Morgan fingerprint density at radius 3 is 1.61 bits per heavy atom. The number of para-hydroxylation sites is 1. The Hall–Kier alpha value is -8.14. The molecule has 0 saturated heterocycles. The van der Waals surface area contributed by atoms with Gasteiger partial charge in [0.1, 0.15) is 11.2 Å². The van der Waals surface area contributed by atoms with E-state index in [4.69, 9.17) is 14.4 Å². The number of rotatable bonds is 7. The molecule has 3 nitrogen and oxygen atoms in total. The summed E-state index contributed by atoms with van der Waals surface area (Å²) in [7, 11) is 0. The molecule has 0 N–H and O–H groups in total. The third-order valence-electron chi connectivity index (χ3n) is 12.6. The summed E-state index contributed by atoms with van der Waals surface area (Å²) in [6.07, 6.45) is 0. The fraction of sp³-hybridized carbons (Fsp3) is 0.0169. The summed E-state index contributed by atoms with van der Waals surface area (Å²) in [5, 5.41) is 2.23. The van der Waals surface area contributed by atoms with E-state index in [1.165, 1.54) is 33.4 Å². The first-order valence-corrected chi connectivity index (χ1v) is 21.1. The van der Waals surface area contributed by atoms with Gasteiger partial charge in [-0.2, -0.15) is 0 Å². The van der Waals surface area contributed by atoms with Gasteiger partial charge in [0, 0.05) is 27.5 Å². The zero-order chi connectivity index (χ0) is 41.0. The van der Waals surface area contributed by atoms with Crippen LogP contribution in [0.1, 0.15) is 22.3 Å². The predicted molar refractivity (Wildman–Crippen MR) is 254 cm³/mol. The molecule has 0 aliphatic heterocycles. The maximum absolute atomic E-state index is 6.19. The molecule has 9 aromatic carbocycles. The summed E-state index contributed by atoms with van der Waals surface area (Å²) >= 11 is 0. The first-order valence-electron chi connectivity index (χ1n) is 21.1. The second kappa shape index (κ2) is 14.5. The van der Waals surface area contributed by atoms with Crippen LogP contribution in [0.4, 0.5) is 0 Å². The van der Waals surface area contributed by atoms with Gasteiger partial charge in [-0.1, -0.05) is 194 Å². The smallest absolute Gasteiger partial charge is 0.160 e. The topological polar surface area (TPSA) is 38.9 Å². The number of aromatic nitrogens is 2. The van der Waals surface area contributed by atoms with Gasteiger partial charge in [0.05, 0.1) is 16.8 Å². The van der Waals surface area contributed by atoms with E-state index in [-0.39, 0.29) is 0 Å². The number of hydrogen-bond donors (Lipinski definition) is 0. The van der Waals surface area contributed by atoms with Crippen LogP contribution in [0, 0.1) is 0 Å². The average molecular weight is 791 g/mol. The van der Waals surface area contributed by atoms with Crippen molar-refractivity contribution in [3.8, 4) is 67.3 Å². The lowest BCUT2D eigenvalue weighted by Gasteiger charge is -2.34. The summed E-state index contributed by atoms with van der Waals surface area (Å²) in [5.74, 6) is 0.680. The number of benzene rings is 9. The minimum atomic E-state index is -0.523. The number of fused-ring (bicyclic) bond motifs is 6. The first-order chi connectivity index (χ1) is 30.7. The second-order valence-electron chi connectivity index (χ2n) is 16.1.